The van der Waals surface area contributed by atoms with Gasteiger partial charge in [-0.05, 0) is 80.0 Å². The van der Waals surface area contributed by atoms with Crippen LogP contribution in [0.1, 0.15) is 73.6 Å². The molecule has 2 aromatic rings. The number of benzene rings is 2. The highest BCUT2D eigenvalue weighted by atomic mass is 16.5. The minimum absolute atomic E-state index is 0.181. The van der Waals surface area contributed by atoms with Crippen LogP contribution in [0.5, 0.6) is 0 Å². The number of rotatable bonds is 7. The molecular weight excluding hydrogens is 452 g/mol. The molecule has 0 aromatic heterocycles. The largest absolute Gasteiger partial charge is 0.389 e. The van der Waals surface area contributed by atoms with E-state index in [2.05, 4.69) is 25.7 Å². The lowest BCUT2D eigenvalue weighted by molar-refractivity contribution is -0.0628. The average Bonchev–Trinajstić information content (AvgIpc) is 2.83. The molecule has 2 amide bonds. The average molecular weight is 493 g/mol. The lowest BCUT2D eigenvalue weighted by Gasteiger charge is -2.39. The Labute approximate surface area is 214 Å². The fourth-order valence-electron chi connectivity index (χ4n) is 6.84. The smallest absolute Gasteiger partial charge is 0.261 e. The molecule has 1 aliphatic carbocycles. The molecule has 0 bridgehead atoms. The number of nitrogens with zero attached hydrogens (tertiary/aromatic N) is 2. The van der Waals surface area contributed by atoms with Gasteiger partial charge in [0, 0.05) is 29.6 Å². The van der Waals surface area contributed by atoms with Crippen molar-refractivity contribution in [3.8, 4) is 0 Å². The van der Waals surface area contributed by atoms with Crippen molar-refractivity contribution in [2.24, 2.45) is 17.3 Å². The zero-order chi connectivity index (χ0) is 25.4. The molecule has 2 aromatic carbocycles. The summed E-state index contributed by atoms with van der Waals surface area (Å²) >= 11 is 0. The summed E-state index contributed by atoms with van der Waals surface area (Å²) in [6, 6.07) is 11.3. The number of amides is 2. The van der Waals surface area contributed by atoms with Gasteiger partial charge in [-0.1, -0.05) is 45.0 Å². The Balaban J connectivity index is 1.11. The maximum Gasteiger partial charge on any atom is 0.261 e. The first-order chi connectivity index (χ1) is 17.2. The van der Waals surface area contributed by atoms with Crippen molar-refractivity contribution in [1.29, 1.82) is 0 Å². The van der Waals surface area contributed by atoms with Crippen LogP contribution in [-0.4, -0.2) is 71.7 Å². The van der Waals surface area contributed by atoms with Gasteiger partial charge in [0.25, 0.3) is 11.8 Å². The first kappa shape index (κ1) is 25.4. The van der Waals surface area contributed by atoms with E-state index in [9.17, 15) is 14.7 Å². The van der Waals surface area contributed by atoms with Crippen LogP contribution in [0, 0.1) is 17.3 Å². The fourth-order valence-corrected chi connectivity index (χ4v) is 6.84. The van der Waals surface area contributed by atoms with E-state index in [1.54, 1.807) is 0 Å². The number of likely N-dealkylation sites (tertiary alicyclic amines) is 1. The molecule has 194 valence electrons. The normalized spacial score (nSPS) is 25.9. The predicted octanol–water partition coefficient (Wildman–Crippen LogP) is 4.74. The van der Waals surface area contributed by atoms with Crippen molar-refractivity contribution >= 4 is 22.6 Å². The number of hydrogen-bond acceptors (Lipinski definition) is 5. The number of aliphatic hydroxyl groups is 1. The van der Waals surface area contributed by atoms with Crippen molar-refractivity contribution in [2.75, 3.05) is 32.8 Å². The van der Waals surface area contributed by atoms with Gasteiger partial charge >= 0.3 is 0 Å². The lowest BCUT2D eigenvalue weighted by Crippen LogP contribution is -2.46. The maximum atomic E-state index is 13.2. The summed E-state index contributed by atoms with van der Waals surface area (Å²) in [5.41, 5.74) is 1.55. The third kappa shape index (κ3) is 5.36. The van der Waals surface area contributed by atoms with Gasteiger partial charge in [0.05, 0.1) is 18.8 Å². The van der Waals surface area contributed by atoms with E-state index in [0.717, 1.165) is 49.5 Å². The summed E-state index contributed by atoms with van der Waals surface area (Å²) in [4.78, 5) is 30.2. The molecule has 1 saturated carbocycles. The summed E-state index contributed by atoms with van der Waals surface area (Å²) < 4.78 is 6.13. The molecule has 6 nitrogen and oxygen atoms in total. The lowest BCUT2D eigenvalue weighted by atomic mass is 9.71. The van der Waals surface area contributed by atoms with Crippen molar-refractivity contribution in [3.63, 3.8) is 0 Å². The molecule has 2 heterocycles. The fraction of sp³-hybridized carbons (Fsp3) is 0.600. The van der Waals surface area contributed by atoms with Crippen molar-refractivity contribution in [2.45, 2.75) is 65.1 Å². The molecule has 6 heteroatoms. The van der Waals surface area contributed by atoms with Crippen LogP contribution >= 0.6 is 0 Å². The Morgan fingerprint density at radius 2 is 1.67 bits per heavy atom. The van der Waals surface area contributed by atoms with Gasteiger partial charge in [0.15, 0.2) is 0 Å². The van der Waals surface area contributed by atoms with Gasteiger partial charge in [-0.2, -0.15) is 0 Å². The minimum Gasteiger partial charge on any atom is -0.389 e. The Morgan fingerprint density at radius 1 is 1.03 bits per heavy atom. The summed E-state index contributed by atoms with van der Waals surface area (Å²) in [6.07, 6.45) is 4.93. The van der Waals surface area contributed by atoms with E-state index in [4.69, 9.17) is 4.74 Å². The molecule has 36 heavy (non-hydrogen) atoms. The topological polar surface area (TPSA) is 70.1 Å². The standard InChI is InChI=1S/C30H40N2O4/c1-20-14-24(16-30(2,3)15-20)36-19-23(33)18-31-12-10-21(11-13-31)17-32-28(34)25-8-4-6-22-7-5-9-26(27(22)25)29(32)35/h4-9,20-21,23-24,33H,10-19H2,1-3H3/t20-,23+,24-/m0/s1. The van der Waals surface area contributed by atoms with E-state index in [1.165, 1.54) is 11.3 Å². The maximum absolute atomic E-state index is 13.2. The first-order valence-corrected chi connectivity index (χ1v) is 13.6. The second kappa shape index (κ2) is 10.2. The summed E-state index contributed by atoms with van der Waals surface area (Å²) in [5, 5.41) is 12.3. The third-order valence-corrected chi connectivity index (χ3v) is 8.34. The van der Waals surface area contributed by atoms with E-state index >= 15 is 0 Å². The number of imide groups is 1. The second-order valence-corrected chi connectivity index (χ2v) is 12.2. The number of carbonyl (C=O) groups excluding carboxylic acids is 2. The summed E-state index contributed by atoms with van der Waals surface area (Å²) in [5.74, 6) is 0.576. The highest BCUT2D eigenvalue weighted by molar-refractivity contribution is 6.25. The van der Waals surface area contributed by atoms with Crippen LogP contribution in [0.3, 0.4) is 0 Å². The molecule has 2 fully saturated rings. The highest BCUT2D eigenvalue weighted by Crippen LogP contribution is 2.39. The van der Waals surface area contributed by atoms with E-state index < -0.39 is 6.10 Å². The molecule has 0 radical (unpaired) electrons. The van der Waals surface area contributed by atoms with Crippen molar-refractivity contribution in [1.82, 2.24) is 9.80 Å². The molecule has 0 unspecified atom stereocenters. The number of β-amino-alcohol motifs (C(OH)–C–C–N with tert-alkyl or cyclic N) is 1. The van der Waals surface area contributed by atoms with Crippen molar-refractivity contribution < 1.29 is 19.4 Å². The van der Waals surface area contributed by atoms with Gasteiger partial charge in [-0.25, -0.2) is 0 Å². The Morgan fingerprint density at radius 3 is 2.28 bits per heavy atom. The molecular formula is C30H40N2O4. The van der Waals surface area contributed by atoms with Crippen LogP contribution in [0.15, 0.2) is 36.4 Å². The molecule has 3 aliphatic rings. The van der Waals surface area contributed by atoms with E-state index in [0.29, 0.717) is 42.2 Å². The van der Waals surface area contributed by atoms with Crippen LogP contribution < -0.4 is 0 Å². The predicted molar refractivity (Wildman–Crippen MR) is 141 cm³/mol. The second-order valence-electron chi connectivity index (χ2n) is 12.2. The van der Waals surface area contributed by atoms with E-state index in [1.807, 2.05) is 36.4 Å². The summed E-state index contributed by atoms with van der Waals surface area (Å²) in [7, 11) is 0. The van der Waals surface area contributed by atoms with Crippen LogP contribution in [-0.2, 0) is 4.74 Å². The molecule has 1 saturated heterocycles. The van der Waals surface area contributed by atoms with Crippen LogP contribution in [0.2, 0.25) is 0 Å². The molecule has 1 N–H and O–H groups in total. The number of carbonyl (C=O) groups is 2. The first-order valence-electron chi connectivity index (χ1n) is 13.6. The van der Waals surface area contributed by atoms with Gasteiger partial charge < -0.3 is 14.7 Å². The molecule has 3 atom stereocenters. The highest BCUT2D eigenvalue weighted by Gasteiger charge is 2.35. The molecule has 0 spiro atoms. The SMILES string of the molecule is C[C@H]1C[C@H](OC[C@H](O)CN2CCC(CN3C(=O)c4cccc5cccc(c45)C3=O)CC2)CC(C)(C)C1. The Bertz CT molecular complexity index is 1070. The minimum atomic E-state index is -0.496. The van der Waals surface area contributed by atoms with Crippen molar-refractivity contribution in [3.05, 3.63) is 47.5 Å². The Hall–Kier alpha value is -2.28. The van der Waals surface area contributed by atoms with E-state index in [-0.39, 0.29) is 23.8 Å². The van der Waals surface area contributed by atoms with Crippen LogP contribution in [0.25, 0.3) is 10.8 Å². The number of aliphatic hydroxyl groups excluding tert-OH is 1. The zero-order valence-electron chi connectivity index (χ0n) is 21.9. The zero-order valence-corrected chi connectivity index (χ0v) is 21.9. The quantitative estimate of drug-likeness (QED) is 0.566. The Kier molecular flexibility index (Phi) is 7.21. The van der Waals surface area contributed by atoms with Gasteiger partial charge in [0.1, 0.15) is 0 Å². The molecule has 5 rings (SSSR count). The van der Waals surface area contributed by atoms with Crippen LogP contribution in [0.4, 0.5) is 0 Å². The molecule has 2 aliphatic heterocycles. The van der Waals surface area contributed by atoms with Gasteiger partial charge in [0.2, 0.25) is 0 Å². The number of piperidine rings is 1. The monoisotopic (exact) mass is 492 g/mol. The third-order valence-electron chi connectivity index (χ3n) is 8.34. The van der Waals surface area contributed by atoms with Gasteiger partial charge in [-0.15, -0.1) is 0 Å². The number of ether oxygens (including phenoxy) is 1. The van der Waals surface area contributed by atoms with Gasteiger partial charge in [-0.3, -0.25) is 14.5 Å². The summed E-state index contributed by atoms with van der Waals surface area (Å²) in [6.45, 7) is 10.1. The number of hydrogen-bond donors (Lipinski definition) is 1.